The Morgan fingerprint density at radius 2 is 2.03 bits per heavy atom. The fourth-order valence-corrected chi connectivity index (χ4v) is 3.57. The second-order valence-electron chi connectivity index (χ2n) is 7.31. The first kappa shape index (κ1) is 19.8. The third-order valence-corrected chi connectivity index (χ3v) is 5.18. The monoisotopic (exact) mass is 402 g/mol. The standard InChI is InChI=1S/C24H22N2O4/c1-15(27)17-4-2-5-19(13-17)30-24-21(6-3-11-25-24)23(29)26-14-16-7-9-20-18(12-16)8-10-22(20)28/h2-7,9,11-13,22,28H,8,10,14H2,1H3,(H,26,29). The number of hydrogen-bond acceptors (Lipinski definition) is 5. The number of rotatable bonds is 6. The Kier molecular flexibility index (Phi) is 5.59. The van der Waals surface area contributed by atoms with Gasteiger partial charge in [0.1, 0.15) is 11.3 Å². The predicted molar refractivity (Wildman–Crippen MR) is 112 cm³/mol. The van der Waals surface area contributed by atoms with E-state index in [0.717, 1.165) is 29.5 Å². The van der Waals surface area contributed by atoms with E-state index in [-0.39, 0.29) is 23.7 Å². The van der Waals surface area contributed by atoms with Gasteiger partial charge < -0.3 is 15.2 Å². The number of Topliss-reactive ketones (excluding diaryl/α,β-unsaturated/α-hetero) is 1. The molecule has 4 rings (SSSR count). The molecule has 0 saturated heterocycles. The van der Waals surface area contributed by atoms with E-state index in [4.69, 9.17) is 4.74 Å². The zero-order chi connectivity index (χ0) is 21.1. The number of aliphatic hydroxyl groups excluding tert-OH is 1. The maximum Gasteiger partial charge on any atom is 0.257 e. The molecule has 1 amide bonds. The number of ether oxygens (including phenoxy) is 1. The molecule has 6 heteroatoms. The highest BCUT2D eigenvalue weighted by molar-refractivity contribution is 5.96. The number of aliphatic hydroxyl groups is 1. The molecule has 0 aliphatic heterocycles. The summed E-state index contributed by atoms with van der Waals surface area (Å²) in [5, 5.41) is 12.8. The number of hydrogen-bond donors (Lipinski definition) is 2. The van der Waals surface area contributed by atoms with Crippen LogP contribution in [0.25, 0.3) is 0 Å². The summed E-state index contributed by atoms with van der Waals surface area (Å²) >= 11 is 0. The maximum absolute atomic E-state index is 12.8. The molecule has 1 aliphatic carbocycles. The van der Waals surface area contributed by atoms with Gasteiger partial charge in [0.2, 0.25) is 5.88 Å². The summed E-state index contributed by atoms with van der Waals surface area (Å²) in [7, 11) is 0. The summed E-state index contributed by atoms with van der Waals surface area (Å²) in [6.07, 6.45) is 2.75. The third kappa shape index (κ3) is 4.23. The molecule has 30 heavy (non-hydrogen) atoms. The Bertz CT molecular complexity index is 1110. The number of amides is 1. The Hall–Kier alpha value is -3.51. The van der Waals surface area contributed by atoms with Gasteiger partial charge in [0.15, 0.2) is 5.78 Å². The minimum atomic E-state index is -0.389. The second-order valence-corrected chi connectivity index (χ2v) is 7.31. The molecular weight excluding hydrogens is 380 g/mol. The molecule has 0 saturated carbocycles. The minimum absolute atomic E-state index is 0.0682. The van der Waals surface area contributed by atoms with Gasteiger partial charge in [0, 0.05) is 18.3 Å². The summed E-state index contributed by atoms with van der Waals surface area (Å²) in [5.41, 5.74) is 3.90. The molecule has 3 aromatic rings. The van der Waals surface area contributed by atoms with Crippen LogP contribution in [0.15, 0.2) is 60.8 Å². The van der Waals surface area contributed by atoms with Crippen molar-refractivity contribution in [3.8, 4) is 11.6 Å². The van der Waals surface area contributed by atoms with E-state index in [9.17, 15) is 14.7 Å². The average molecular weight is 402 g/mol. The van der Waals surface area contributed by atoms with Crippen LogP contribution in [-0.2, 0) is 13.0 Å². The van der Waals surface area contributed by atoms with Crippen molar-refractivity contribution in [2.24, 2.45) is 0 Å². The normalized spacial score (nSPS) is 14.8. The first-order chi connectivity index (χ1) is 14.5. The summed E-state index contributed by atoms with van der Waals surface area (Å²) in [6, 6.07) is 15.9. The van der Waals surface area contributed by atoms with Crippen LogP contribution in [0.5, 0.6) is 11.6 Å². The van der Waals surface area contributed by atoms with Crippen LogP contribution in [-0.4, -0.2) is 21.8 Å². The zero-order valence-corrected chi connectivity index (χ0v) is 16.6. The van der Waals surface area contributed by atoms with E-state index in [1.54, 1.807) is 42.6 Å². The average Bonchev–Trinajstić information content (AvgIpc) is 3.13. The highest BCUT2D eigenvalue weighted by Gasteiger charge is 2.20. The van der Waals surface area contributed by atoms with E-state index in [0.29, 0.717) is 23.4 Å². The molecule has 1 atom stereocenters. The number of carbonyl (C=O) groups excluding carboxylic acids is 2. The molecule has 2 aromatic carbocycles. The number of fused-ring (bicyclic) bond motifs is 1. The molecule has 0 fully saturated rings. The molecule has 6 nitrogen and oxygen atoms in total. The van der Waals surface area contributed by atoms with Gasteiger partial charge in [0.05, 0.1) is 6.10 Å². The number of benzene rings is 2. The van der Waals surface area contributed by atoms with E-state index in [1.807, 2.05) is 18.2 Å². The Morgan fingerprint density at radius 1 is 1.17 bits per heavy atom. The molecular formula is C24H22N2O4. The van der Waals surface area contributed by atoms with Gasteiger partial charge in [0.25, 0.3) is 5.91 Å². The summed E-state index contributed by atoms with van der Waals surface area (Å²) in [6.45, 7) is 1.84. The van der Waals surface area contributed by atoms with Crippen molar-refractivity contribution in [3.63, 3.8) is 0 Å². The molecule has 1 aromatic heterocycles. The lowest BCUT2D eigenvalue weighted by Crippen LogP contribution is -2.23. The highest BCUT2D eigenvalue weighted by atomic mass is 16.5. The van der Waals surface area contributed by atoms with Gasteiger partial charge in [-0.25, -0.2) is 4.98 Å². The van der Waals surface area contributed by atoms with Crippen molar-refractivity contribution in [3.05, 3.63) is 88.6 Å². The van der Waals surface area contributed by atoms with E-state index in [2.05, 4.69) is 10.3 Å². The Balaban J connectivity index is 1.47. The fraction of sp³-hybridized carbons (Fsp3) is 0.208. The van der Waals surface area contributed by atoms with E-state index >= 15 is 0 Å². The van der Waals surface area contributed by atoms with E-state index in [1.165, 1.54) is 6.92 Å². The maximum atomic E-state index is 12.8. The SMILES string of the molecule is CC(=O)c1cccc(Oc2ncccc2C(=O)NCc2ccc3c(c2)CCC3O)c1. The van der Waals surface area contributed by atoms with Crippen LogP contribution in [0.2, 0.25) is 0 Å². The number of ketones is 1. The highest BCUT2D eigenvalue weighted by Crippen LogP contribution is 2.31. The van der Waals surface area contributed by atoms with Crippen LogP contribution in [0.1, 0.15) is 56.9 Å². The van der Waals surface area contributed by atoms with Gasteiger partial charge in [-0.15, -0.1) is 0 Å². The lowest BCUT2D eigenvalue weighted by atomic mass is 10.1. The fourth-order valence-electron chi connectivity index (χ4n) is 3.57. The Labute approximate surface area is 174 Å². The molecule has 152 valence electrons. The summed E-state index contributed by atoms with van der Waals surface area (Å²) in [4.78, 5) is 28.5. The van der Waals surface area contributed by atoms with Gasteiger partial charge in [-0.2, -0.15) is 0 Å². The molecule has 1 unspecified atom stereocenters. The first-order valence-corrected chi connectivity index (χ1v) is 9.83. The largest absolute Gasteiger partial charge is 0.438 e. The number of nitrogens with zero attached hydrogens (tertiary/aromatic N) is 1. The molecule has 0 bridgehead atoms. The molecule has 0 spiro atoms. The quantitative estimate of drug-likeness (QED) is 0.609. The smallest absolute Gasteiger partial charge is 0.257 e. The van der Waals surface area contributed by atoms with Crippen molar-refractivity contribution >= 4 is 11.7 Å². The summed E-state index contributed by atoms with van der Waals surface area (Å²) in [5.74, 6) is 0.239. The molecule has 2 N–H and O–H groups in total. The Morgan fingerprint density at radius 3 is 2.87 bits per heavy atom. The van der Waals surface area contributed by atoms with Crippen molar-refractivity contribution in [1.29, 1.82) is 0 Å². The lowest BCUT2D eigenvalue weighted by Gasteiger charge is -2.12. The van der Waals surface area contributed by atoms with Gasteiger partial charge in [-0.3, -0.25) is 9.59 Å². The van der Waals surface area contributed by atoms with Crippen LogP contribution in [0, 0.1) is 0 Å². The lowest BCUT2D eigenvalue weighted by molar-refractivity contribution is 0.0946. The van der Waals surface area contributed by atoms with Gasteiger partial charge in [-0.05, 0) is 60.7 Å². The van der Waals surface area contributed by atoms with Crippen molar-refractivity contribution in [2.45, 2.75) is 32.4 Å². The van der Waals surface area contributed by atoms with Gasteiger partial charge in [-0.1, -0.05) is 30.3 Å². The van der Waals surface area contributed by atoms with Crippen molar-refractivity contribution < 1.29 is 19.4 Å². The van der Waals surface area contributed by atoms with Crippen molar-refractivity contribution in [1.82, 2.24) is 10.3 Å². The number of nitrogens with one attached hydrogen (secondary N) is 1. The topological polar surface area (TPSA) is 88.5 Å². The second kappa shape index (κ2) is 8.47. The van der Waals surface area contributed by atoms with Crippen LogP contribution in [0.4, 0.5) is 0 Å². The van der Waals surface area contributed by atoms with Gasteiger partial charge >= 0.3 is 0 Å². The number of aromatic nitrogens is 1. The third-order valence-electron chi connectivity index (χ3n) is 5.18. The summed E-state index contributed by atoms with van der Waals surface area (Å²) < 4.78 is 5.79. The van der Waals surface area contributed by atoms with Crippen LogP contribution < -0.4 is 10.1 Å². The van der Waals surface area contributed by atoms with Crippen molar-refractivity contribution in [2.75, 3.05) is 0 Å². The molecule has 1 aliphatic rings. The van der Waals surface area contributed by atoms with Crippen LogP contribution in [0.3, 0.4) is 0 Å². The minimum Gasteiger partial charge on any atom is -0.438 e. The van der Waals surface area contributed by atoms with E-state index < -0.39 is 0 Å². The first-order valence-electron chi connectivity index (χ1n) is 9.83. The van der Waals surface area contributed by atoms with Crippen LogP contribution >= 0.6 is 0 Å². The molecule has 1 heterocycles. The zero-order valence-electron chi connectivity index (χ0n) is 16.6. The predicted octanol–water partition coefficient (Wildman–Crippen LogP) is 3.99. The number of pyridine rings is 1. The number of aryl methyl sites for hydroxylation is 1. The molecule has 0 radical (unpaired) electrons. The number of carbonyl (C=O) groups is 2.